The van der Waals surface area contributed by atoms with Crippen molar-refractivity contribution in [1.82, 2.24) is 0 Å². The SMILES string of the molecule is COc1ccc(/C=C/C(=O)c2cc(F)ccc2OC(=O)c2ccc(Br)cc2)cc1OC. The smallest absolute Gasteiger partial charge is 0.343 e. The lowest BCUT2D eigenvalue weighted by Crippen LogP contribution is -2.11. The first kappa shape index (κ1) is 22.2. The molecule has 158 valence electrons. The van der Waals surface area contributed by atoms with Crippen LogP contribution in [0.1, 0.15) is 26.3 Å². The lowest BCUT2D eigenvalue weighted by molar-refractivity contribution is 0.0733. The first-order valence-corrected chi connectivity index (χ1v) is 9.92. The molecule has 0 heterocycles. The molecular formula is C24H18BrFO5. The van der Waals surface area contributed by atoms with E-state index in [1.54, 1.807) is 48.5 Å². The highest BCUT2D eigenvalue weighted by Crippen LogP contribution is 2.28. The average molecular weight is 485 g/mol. The summed E-state index contributed by atoms with van der Waals surface area (Å²) in [6, 6.07) is 15.1. The molecule has 0 saturated heterocycles. The number of allylic oxidation sites excluding steroid dienone is 1. The Balaban J connectivity index is 1.84. The summed E-state index contributed by atoms with van der Waals surface area (Å²) in [5, 5.41) is 0. The van der Waals surface area contributed by atoms with Crippen LogP contribution in [0.2, 0.25) is 0 Å². The van der Waals surface area contributed by atoms with Crippen molar-refractivity contribution in [3.8, 4) is 17.2 Å². The molecule has 0 fully saturated rings. The summed E-state index contributed by atoms with van der Waals surface area (Å²) in [6.07, 6.45) is 2.82. The van der Waals surface area contributed by atoms with E-state index < -0.39 is 17.6 Å². The van der Waals surface area contributed by atoms with Gasteiger partial charge in [0.1, 0.15) is 11.6 Å². The van der Waals surface area contributed by atoms with Gasteiger partial charge in [-0.25, -0.2) is 9.18 Å². The van der Waals surface area contributed by atoms with Crippen molar-refractivity contribution in [3.63, 3.8) is 0 Å². The number of benzene rings is 3. The molecule has 0 bridgehead atoms. The van der Waals surface area contributed by atoms with E-state index in [9.17, 15) is 14.0 Å². The molecular weight excluding hydrogens is 467 g/mol. The van der Waals surface area contributed by atoms with Crippen molar-refractivity contribution in [2.75, 3.05) is 14.2 Å². The Labute approximate surface area is 187 Å². The van der Waals surface area contributed by atoms with Gasteiger partial charge < -0.3 is 14.2 Å². The van der Waals surface area contributed by atoms with E-state index in [0.29, 0.717) is 22.6 Å². The molecule has 0 N–H and O–H groups in total. The van der Waals surface area contributed by atoms with Gasteiger partial charge >= 0.3 is 5.97 Å². The summed E-state index contributed by atoms with van der Waals surface area (Å²) in [5.74, 6) is -0.766. The molecule has 0 unspecified atom stereocenters. The molecule has 0 amide bonds. The highest BCUT2D eigenvalue weighted by molar-refractivity contribution is 9.10. The monoisotopic (exact) mass is 484 g/mol. The molecule has 3 aromatic rings. The molecule has 7 heteroatoms. The number of ether oxygens (including phenoxy) is 3. The molecule has 0 atom stereocenters. The van der Waals surface area contributed by atoms with Gasteiger partial charge in [-0.1, -0.05) is 28.1 Å². The number of ketones is 1. The van der Waals surface area contributed by atoms with E-state index in [-0.39, 0.29) is 11.3 Å². The zero-order valence-electron chi connectivity index (χ0n) is 16.7. The molecule has 0 aliphatic rings. The number of hydrogen-bond donors (Lipinski definition) is 0. The maximum absolute atomic E-state index is 13.8. The molecule has 0 radical (unpaired) electrons. The van der Waals surface area contributed by atoms with Gasteiger partial charge in [0.2, 0.25) is 0 Å². The largest absolute Gasteiger partial charge is 0.493 e. The molecule has 31 heavy (non-hydrogen) atoms. The first-order valence-electron chi connectivity index (χ1n) is 9.13. The van der Waals surface area contributed by atoms with Crippen LogP contribution in [0.3, 0.4) is 0 Å². The van der Waals surface area contributed by atoms with Crippen molar-refractivity contribution in [2.24, 2.45) is 0 Å². The minimum atomic E-state index is -0.656. The Morgan fingerprint density at radius 3 is 2.23 bits per heavy atom. The van der Waals surface area contributed by atoms with E-state index in [4.69, 9.17) is 14.2 Å². The van der Waals surface area contributed by atoms with Crippen LogP contribution in [-0.2, 0) is 0 Å². The fourth-order valence-corrected chi connectivity index (χ4v) is 3.01. The predicted molar refractivity (Wildman–Crippen MR) is 118 cm³/mol. The van der Waals surface area contributed by atoms with Crippen LogP contribution in [-0.4, -0.2) is 26.0 Å². The van der Waals surface area contributed by atoms with Crippen LogP contribution >= 0.6 is 15.9 Å². The van der Waals surface area contributed by atoms with Crippen LogP contribution in [0.5, 0.6) is 17.2 Å². The Morgan fingerprint density at radius 2 is 1.55 bits per heavy atom. The molecule has 0 aliphatic carbocycles. The third-order valence-electron chi connectivity index (χ3n) is 4.32. The normalized spacial score (nSPS) is 10.7. The van der Waals surface area contributed by atoms with Crippen molar-refractivity contribution >= 4 is 33.8 Å². The molecule has 5 nitrogen and oxygen atoms in total. The minimum absolute atomic E-state index is 0.0312. The van der Waals surface area contributed by atoms with E-state index in [2.05, 4.69) is 15.9 Å². The molecule has 0 saturated carbocycles. The number of hydrogen-bond acceptors (Lipinski definition) is 5. The van der Waals surface area contributed by atoms with Crippen LogP contribution in [0.25, 0.3) is 6.08 Å². The zero-order chi connectivity index (χ0) is 22.4. The lowest BCUT2D eigenvalue weighted by Gasteiger charge is -2.09. The van der Waals surface area contributed by atoms with Crippen LogP contribution < -0.4 is 14.2 Å². The van der Waals surface area contributed by atoms with Gasteiger partial charge in [0.25, 0.3) is 0 Å². The van der Waals surface area contributed by atoms with Crippen molar-refractivity contribution < 1.29 is 28.2 Å². The standard InChI is InChI=1S/C24H18BrFO5/c1-29-22-11-4-15(13-23(22)30-2)3-10-20(27)19-14-18(26)9-12-21(19)31-24(28)16-5-7-17(25)8-6-16/h3-14H,1-2H3/b10-3+. The Kier molecular flexibility index (Phi) is 7.20. The van der Waals surface area contributed by atoms with E-state index in [1.165, 1.54) is 26.4 Å². The molecule has 3 rings (SSSR count). The van der Waals surface area contributed by atoms with Crippen LogP contribution in [0.4, 0.5) is 4.39 Å². The maximum Gasteiger partial charge on any atom is 0.343 e. The lowest BCUT2D eigenvalue weighted by atomic mass is 10.1. The highest BCUT2D eigenvalue weighted by Gasteiger charge is 2.16. The Hall–Kier alpha value is -3.45. The van der Waals surface area contributed by atoms with Crippen molar-refractivity contribution in [1.29, 1.82) is 0 Å². The van der Waals surface area contributed by atoms with Crippen molar-refractivity contribution in [3.05, 3.63) is 93.7 Å². The van der Waals surface area contributed by atoms with Gasteiger partial charge in [0, 0.05) is 4.47 Å². The number of rotatable bonds is 7. The van der Waals surface area contributed by atoms with Crippen LogP contribution in [0, 0.1) is 5.82 Å². The summed E-state index contributed by atoms with van der Waals surface area (Å²) < 4.78 is 30.4. The second-order valence-corrected chi connectivity index (χ2v) is 7.26. The fourth-order valence-electron chi connectivity index (χ4n) is 2.75. The fraction of sp³-hybridized carbons (Fsp3) is 0.0833. The van der Waals surface area contributed by atoms with E-state index >= 15 is 0 Å². The molecule has 3 aromatic carbocycles. The van der Waals surface area contributed by atoms with Gasteiger partial charge in [0.15, 0.2) is 17.3 Å². The van der Waals surface area contributed by atoms with E-state index in [0.717, 1.165) is 16.6 Å². The quantitative estimate of drug-likeness (QED) is 0.185. The second kappa shape index (κ2) is 10.0. The predicted octanol–water partition coefficient (Wildman–Crippen LogP) is 5.72. The van der Waals surface area contributed by atoms with Crippen LogP contribution in [0.15, 0.2) is 71.2 Å². The third-order valence-corrected chi connectivity index (χ3v) is 4.85. The maximum atomic E-state index is 13.8. The van der Waals surface area contributed by atoms with Gasteiger partial charge in [-0.2, -0.15) is 0 Å². The van der Waals surface area contributed by atoms with Gasteiger partial charge in [-0.05, 0) is 66.2 Å². The summed E-state index contributed by atoms with van der Waals surface area (Å²) in [7, 11) is 3.03. The topological polar surface area (TPSA) is 61.8 Å². The number of esters is 1. The second-order valence-electron chi connectivity index (χ2n) is 6.35. The van der Waals surface area contributed by atoms with Gasteiger partial charge in [-0.3, -0.25) is 4.79 Å². The number of halogens is 2. The number of carbonyl (C=O) groups excluding carboxylic acids is 2. The Morgan fingerprint density at radius 1 is 0.871 bits per heavy atom. The third kappa shape index (κ3) is 5.58. The van der Waals surface area contributed by atoms with E-state index in [1.807, 2.05) is 0 Å². The molecule has 0 aliphatic heterocycles. The zero-order valence-corrected chi connectivity index (χ0v) is 18.3. The summed E-state index contributed by atoms with van der Waals surface area (Å²) >= 11 is 3.29. The summed E-state index contributed by atoms with van der Waals surface area (Å²) in [5.41, 5.74) is 0.907. The first-order chi connectivity index (χ1) is 14.9. The highest BCUT2D eigenvalue weighted by atomic mass is 79.9. The molecule has 0 spiro atoms. The minimum Gasteiger partial charge on any atom is -0.493 e. The Bertz CT molecular complexity index is 1140. The summed E-state index contributed by atoms with van der Waals surface area (Å²) in [6.45, 7) is 0. The average Bonchev–Trinajstić information content (AvgIpc) is 2.78. The van der Waals surface area contributed by atoms with Crippen molar-refractivity contribution in [2.45, 2.75) is 0 Å². The van der Waals surface area contributed by atoms with Gasteiger partial charge in [-0.15, -0.1) is 0 Å². The summed E-state index contributed by atoms with van der Waals surface area (Å²) in [4.78, 5) is 25.1. The van der Waals surface area contributed by atoms with Gasteiger partial charge in [0.05, 0.1) is 25.3 Å². The number of carbonyl (C=O) groups is 2. The molecule has 0 aromatic heterocycles. The number of methoxy groups -OCH3 is 2.